The van der Waals surface area contributed by atoms with Gasteiger partial charge in [-0.05, 0) is 94.1 Å². The number of carbonyl (C=O) groups excluding carboxylic acids is 2. The number of halogens is 1. The zero-order valence-corrected chi connectivity index (χ0v) is 28.8. The Hall–Kier alpha value is -4.14. The van der Waals surface area contributed by atoms with Gasteiger partial charge in [-0.3, -0.25) is 13.9 Å². The van der Waals surface area contributed by atoms with Crippen LogP contribution >= 0.6 is 11.6 Å². The smallest absolute Gasteiger partial charge is 0.264 e. The van der Waals surface area contributed by atoms with Gasteiger partial charge in [0, 0.05) is 23.5 Å². The number of anilines is 1. The van der Waals surface area contributed by atoms with E-state index in [9.17, 15) is 18.0 Å². The van der Waals surface area contributed by atoms with Crippen molar-refractivity contribution in [2.75, 3.05) is 10.8 Å². The molecule has 1 atom stereocenters. The molecule has 4 aromatic carbocycles. The van der Waals surface area contributed by atoms with Crippen LogP contribution in [-0.2, 0) is 32.6 Å². The molecule has 1 N–H and O–H groups in total. The van der Waals surface area contributed by atoms with Gasteiger partial charge in [-0.25, -0.2) is 8.42 Å². The summed E-state index contributed by atoms with van der Waals surface area (Å²) in [6.07, 6.45) is 0.232. The Morgan fingerprint density at radius 3 is 2.02 bits per heavy atom. The van der Waals surface area contributed by atoms with Gasteiger partial charge in [0.2, 0.25) is 11.8 Å². The summed E-state index contributed by atoms with van der Waals surface area (Å²) in [5.74, 6) is -0.852. The van der Waals surface area contributed by atoms with E-state index >= 15 is 0 Å². The van der Waals surface area contributed by atoms with Crippen LogP contribution in [0.3, 0.4) is 0 Å². The molecule has 0 heterocycles. The minimum Gasteiger partial charge on any atom is -0.350 e. The molecule has 0 fully saturated rings. The summed E-state index contributed by atoms with van der Waals surface area (Å²) in [7, 11) is -4.18. The highest BCUT2D eigenvalue weighted by atomic mass is 35.5. The topological polar surface area (TPSA) is 86.8 Å². The van der Waals surface area contributed by atoms with E-state index in [1.807, 2.05) is 84.0 Å². The summed E-state index contributed by atoms with van der Waals surface area (Å²) in [5, 5.41) is 3.59. The first-order valence-corrected chi connectivity index (χ1v) is 17.0. The average molecular weight is 660 g/mol. The standard InChI is InChI=1S/C37H42ClN3O4S/c1-26-13-20-32(21-14-26)46(44,45)41(33-22-27(2)12-15-28(33)3)25-35(42)40(24-30-16-18-31(38)19-17-30)34(36(43)39-37(4,5)6)23-29-10-8-7-9-11-29/h7-22,34H,23-25H2,1-6H3,(H,39,43)/t34-/m0/s1. The summed E-state index contributed by atoms with van der Waals surface area (Å²) in [6, 6.07) is 27.7. The number of rotatable bonds is 11. The van der Waals surface area contributed by atoms with Crippen molar-refractivity contribution in [3.8, 4) is 0 Å². The van der Waals surface area contributed by atoms with Crippen LogP contribution in [0.15, 0.2) is 102 Å². The predicted octanol–water partition coefficient (Wildman–Crippen LogP) is 7.02. The molecule has 0 aliphatic heterocycles. The molecule has 0 aliphatic carbocycles. The third kappa shape index (κ3) is 8.98. The van der Waals surface area contributed by atoms with E-state index in [0.717, 1.165) is 22.3 Å². The highest BCUT2D eigenvalue weighted by molar-refractivity contribution is 7.92. The highest BCUT2D eigenvalue weighted by Crippen LogP contribution is 2.29. The first kappa shape index (κ1) is 34.7. The largest absolute Gasteiger partial charge is 0.350 e. The maximum atomic E-state index is 14.6. The fraction of sp³-hybridized carbons (Fsp3) is 0.297. The van der Waals surface area contributed by atoms with Gasteiger partial charge in [0.05, 0.1) is 10.6 Å². The summed E-state index contributed by atoms with van der Waals surface area (Å²) in [5.41, 5.74) is 3.91. The molecule has 0 spiro atoms. The molecule has 0 saturated heterocycles. The van der Waals surface area contributed by atoms with Crippen LogP contribution < -0.4 is 9.62 Å². The maximum absolute atomic E-state index is 14.6. The van der Waals surface area contributed by atoms with Crippen molar-refractivity contribution in [3.05, 3.63) is 130 Å². The Labute approximate surface area is 278 Å². The fourth-order valence-corrected chi connectivity index (χ4v) is 6.73. The minimum absolute atomic E-state index is 0.0658. The number of carbonyl (C=O) groups is 2. The van der Waals surface area contributed by atoms with Crippen molar-refractivity contribution in [1.29, 1.82) is 0 Å². The third-order valence-corrected chi connectivity index (χ3v) is 9.58. The van der Waals surface area contributed by atoms with Gasteiger partial charge in [-0.15, -0.1) is 0 Å². The average Bonchev–Trinajstić information content (AvgIpc) is 2.99. The number of hydrogen-bond acceptors (Lipinski definition) is 4. The second-order valence-electron chi connectivity index (χ2n) is 12.7. The molecule has 2 amide bonds. The number of hydrogen-bond donors (Lipinski definition) is 1. The van der Waals surface area contributed by atoms with Crippen LogP contribution in [-0.4, -0.2) is 43.3 Å². The van der Waals surface area contributed by atoms with Crippen LogP contribution in [0.25, 0.3) is 0 Å². The molecule has 0 bridgehead atoms. The molecule has 7 nitrogen and oxygen atoms in total. The molecule has 46 heavy (non-hydrogen) atoms. The van der Waals surface area contributed by atoms with Gasteiger partial charge >= 0.3 is 0 Å². The molecular weight excluding hydrogens is 618 g/mol. The van der Waals surface area contributed by atoms with Gasteiger partial charge in [0.15, 0.2) is 0 Å². The molecule has 0 unspecified atom stereocenters. The van der Waals surface area contributed by atoms with Crippen molar-refractivity contribution in [2.24, 2.45) is 0 Å². The minimum atomic E-state index is -4.18. The lowest BCUT2D eigenvalue weighted by molar-refractivity contribution is -0.140. The van der Waals surface area contributed by atoms with Crippen LogP contribution in [0.4, 0.5) is 5.69 Å². The maximum Gasteiger partial charge on any atom is 0.264 e. The van der Waals surface area contributed by atoms with Gasteiger partial charge < -0.3 is 10.2 Å². The van der Waals surface area contributed by atoms with Crippen molar-refractivity contribution in [2.45, 2.75) is 71.0 Å². The van der Waals surface area contributed by atoms with Crippen molar-refractivity contribution < 1.29 is 18.0 Å². The molecule has 0 aliphatic rings. The van der Waals surface area contributed by atoms with E-state index in [1.165, 1.54) is 9.21 Å². The monoisotopic (exact) mass is 659 g/mol. The van der Waals surface area contributed by atoms with E-state index in [4.69, 9.17) is 11.6 Å². The lowest BCUT2D eigenvalue weighted by Crippen LogP contribution is -2.56. The summed E-state index contributed by atoms with van der Waals surface area (Å²) < 4.78 is 29.8. The van der Waals surface area contributed by atoms with E-state index < -0.39 is 34.1 Å². The Balaban J connectivity index is 1.84. The van der Waals surface area contributed by atoms with E-state index in [0.29, 0.717) is 16.3 Å². The Kier molecular flexibility index (Phi) is 11.0. The number of nitrogens with zero attached hydrogens (tertiary/aromatic N) is 2. The zero-order valence-electron chi connectivity index (χ0n) is 27.2. The molecule has 0 aromatic heterocycles. The van der Waals surface area contributed by atoms with Crippen molar-refractivity contribution >= 4 is 39.1 Å². The highest BCUT2D eigenvalue weighted by Gasteiger charge is 2.36. The SMILES string of the molecule is Cc1ccc(S(=O)(=O)N(CC(=O)N(Cc2ccc(Cl)cc2)[C@@H](Cc2ccccc2)C(=O)NC(C)(C)C)c2cc(C)ccc2C)cc1. The van der Waals surface area contributed by atoms with Gasteiger partial charge in [-0.2, -0.15) is 0 Å². The quantitative estimate of drug-likeness (QED) is 0.188. The molecular formula is C37H42ClN3O4S. The first-order chi connectivity index (χ1) is 21.6. The lowest BCUT2D eigenvalue weighted by Gasteiger charge is -2.35. The number of amides is 2. The number of aryl methyl sites for hydroxylation is 3. The molecule has 0 radical (unpaired) electrons. The summed E-state index contributed by atoms with van der Waals surface area (Å²) in [4.78, 5) is 30.2. The lowest BCUT2D eigenvalue weighted by atomic mass is 10.0. The van der Waals surface area contributed by atoms with Gasteiger partial charge in [0.25, 0.3) is 10.0 Å². The third-order valence-electron chi connectivity index (χ3n) is 7.56. The first-order valence-electron chi connectivity index (χ1n) is 15.2. The predicted molar refractivity (Wildman–Crippen MR) is 185 cm³/mol. The van der Waals surface area contributed by atoms with E-state index in [-0.39, 0.29) is 23.8 Å². The van der Waals surface area contributed by atoms with Crippen LogP contribution in [0, 0.1) is 20.8 Å². The molecule has 4 aromatic rings. The number of benzene rings is 4. The Bertz CT molecular complexity index is 1770. The molecule has 4 rings (SSSR count). The van der Waals surface area contributed by atoms with Gasteiger partial charge in [-0.1, -0.05) is 83.9 Å². The summed E-state index contributed by atoms with van der Waals surface area (Å²) >= 11 is 6.17. The second-order valence-corrected chi connectivity index (χ2v) is 15.0. The fourth-order valence-electron chi connectivity index (χ4n) is 5.13. The van der Waals surface area contributed by atoms with E-state index in [1.54, 1.807) is 54.6 Å². The van der Waals surface area contributed by atoms with E-state index in [2.05, 4.69) is 5.32 Å². The van der Waals surface area contributed by atoms with Gasteiger partial charge in [0.1, 0.15) is 12.6 Å². The van der Waals surface area contributed by atoms with Crippen LogP contribution in [0.2, 0.25) is 5.02 Å². The van der Waals surface area contributed by atoms with Crippen LogP contribution in [0.5, 0.6) is 0 Å². The normalized spacial score (nSPS) is 12.3. The van der Waals surface area contributed by atoms with Crippen molar-refractivity contribution in [1.82, 2.24) is 10.2 Å². The zero-order chi connectivity index (χ0) is 33.6. The van der Waals surface area contributed by atoms with Crippen LogP contribution in [0.1, 0.15) is 48.6 Å². The molecule has 0 saturated carbocycles. The Morgan fingerprint density at radius 1 is 0.804 bits per heavy atom. The molecule has 242 valence electrons. The Morgan fingerprint density at radius 2 is 1.41 bits per heavy atom. The second kappa shape index (κ2) is 14.5. The summed E-state index contributed by atoms with van der Waals surface area (Å²) in [6.45, 7) is 10.8. The number of nitrogens with one attached hydrogen (secondary N) is 1. The number of sulfonamides is 1. The molecule has 9 heteroatoms. The van der Waals surface area contributed by atoms with Crippen molar-refractivity contribution in [3.63, 3.8) is 0 Å².